The van der Waals surface area contributed by atoms with Crippen molar-refractivity contribution in [2.24, 2.45) is 0 Å². The molecule has 0 saturated carbocycles. The summed E-state index contributed by atoms with van der Waals surface area (Å²) in [5.74, 6) is -0.401. The molecule has 1 heterocycles. The molecule has 0 bridgehead atoms. The SMILES string of the molecule is CCCc1ccc(CN2C(=O)c3ccccc3C2=O)cc1. The van der Waals surface area contributed by atoms with Gasteiger partial charge in [0, 0.05) is 0 Å². The summed E-state index contributed by atoms with van der Waals surface area (Å²) in [6.45, 7) is 2.48. The number of imide groups is 1. The number of hydrogen-bond donors (Lipinski definition) is 0. The molecule has 2 aromatic carbocycles. The number of nitrogens with zero attached hydrogens (tertiary/aromatic N) is 1. The van der Waals surface area contributed by atoms with Gasteiger partial charge in [-0.15, -0.1) is 0 Å². The molecule has 2 aromatic rings. The smallest absolute Gasteiger partial charge is 0.261 e. The van der Waals surface area contributed by atoms with E-state index in [1.807, 2.05) is 12.1 Å². The van der Waals surface area contributed by atoms with Gasteiger partial charge < -0.3 is 0 Å². The highest BCUT2D eigenvalue weighted by Crippen LogP contribution is 2.24. The first-order chi connectivity index (χ1) is 10.2. The number of hydrogen-bond acceptors (Lipinski definition) is 2. The van der Waals surface area contributed by atoms with Crippen molar-refractivity contribution in [1.82, 2.24) is 4.90 Å². The van der Waals surface area contributed by atoms with Crippen molar-refractivity contribution in [2.75, 3.05) is 0 Å². The second kappa shape index (κ2) is 5.52. The van der Waals surface area contributed by atoms with Gasteiger partial charge in [0.05, 0.1) is 17.7 Å². The van der Waals surface area contributed by atoms with E-state index in [4.69, 9.17) is 0 Å². The normalized spacial score (nSPS) is 13.7. The maximum Gasteiger partial charge on any atom is 0.261 e. The molecule has 3 rings (SSSR count). The number of aryl methyl sites for hydroxylation is 1. The molecule has 0 atom stereocenters. The molecule has 0 N–H and O–H groups in total. The number of carbonyl (C=O) groups excluding carboxylic acids is 2. The minimum Gasteiger partial charge on any atom is -0.270 e. The molecule has 0 spiro atoms. The first-order valence-corrected chi connectivity index (χ1v) is 7.23. The Morgan fingerprint density at radius 1 is 0.810 bits per heavy atom. The highest BCUT2D eigenvalue weighted by Gasteiger charge is 2.34. The third-order valence-electron chi connectivity index (χ3n) is 3.78. The van der Waals surface area contributed by atoms with E-state index in [0.717, 1.165) is 18.4 Å². The van der Waals surface area contributed by atoms with E-state index in [1.54, 1.807) is 24.3 Å². The van der Waals surface area contributed by atoms with Crippen molar-refractivity contribution >= 4 is 11.8 Å². The van der Waals surface area contributed by atoms with Crippen molar-refractivity contribution in [3.63, 3.8) is 0 Å². The Balaban J connectivity index is 1.80. The second-order valence-corrected chi connectivity index (χ2v) is 5.31. The Morgan fingerprint density at radius 2 is 1.33 bits per heavy atom. The first kappa shape index (κ1) is 13.6. The van der Waals surface area contributed by atoms with Crippen LogP contribution in [0.2, 0.25) is 0 Å². The molecule has 0 radical (unpaired) electrons. The molecule has 1 aliphatic heterocycles. The van der Waals surface area contributed by atoms with Gasteiger partial charge in [-0.3, -0.25) is 14.5 Å². The first-order valence-electron chi connectivity index (χ1n) is 7.23. The Kier molecular flexibility index (Phi) is 3.57. The zero-order chi connectivity index (χ0) is 14.8. The maximum absolute atomic E-state index is 12.3. The molecule has 0 aliphatic carbocycles. The standard InChI is InChI=1S/C18H17NO2/c1-2-5-13-8-10-14(11-9-13)12-19-17(20)15-6-3-4-7-16(15)18(19)21/h3-4,6-11H,2,5,12H2,1H3. The second-order valence-electron chi connectivity index (χ2n) is 5.31. The number of fused-ring (bicyclic) bond motifs is 1. The zero-order valence-corrected chi connectivity index (χ0v) is 12.0. The lowest BCUT2D eigenvalue weighted by Gasteiger charge is -2.14. The van der Waals surface area contributed by atoms with E-state index in [1.165, 1.54) is 10.5 Å². The van der Waals surface area contributed by atoms with Gasteiger partial charge in [-0.2, -0.15) is 0 Å². The molecule has 21 heavy (non-hydrogen) atoms. The molecule has 3 nitrogen and oxygen atoms in total. The van der Waals surface area contributed by atoms with Crippen LogP contribution in [0.3, 0.4) is 0 Å². The molecule has 0 fully saturated rings. The van der Waals surface area contributed by atoms with Gasteiger partial charge in [0.1, 0.15) is 0 Å². The Morgan fingerprint density at radius 3 is 1.86 bits per heavy atom. The van der Waals surface area contributed by atoms with Crippen LogP contribution >= 0.6 is 0 Å². The molecule has 0 unspecified atom stereocenters. The monoisotopic (exact) mass is 279 g/mol. The van der Waals surface area contributed by atoms with Crippen molar-refractivity contribution in [2.45, 2.75) is 26.3 Å². The predicted molar refractivity (Wildman–Crippen MR) is 81.1 cm³/mol. The van der Waals surface area contributed by atoms with Gasteiger partial charge in [-0.25, -0.2) is 0 Å². The predicted octanol–water partition coefficient (Wildman–Crippen LogP) is 3.44. The summed E-state index contributed by atoms with van der Waals surface area (Å²) in [5, 5.41) is 0. The third kappa shape index (κ3) is 2.47. The van der Waals surface area contributed by atoms with Gasteiger partial charge >= 0.3 is 0 Å². The number of benzene rings is 2. The van der Waals surface area contributed by atoms with E-state index in [-0.39, 0.29) is 11.8 Å². The quantitative estimate of drug-likeness (QED) is 0.804. The summed E-state index contributed by atoms with van der Waals surface area (Å²) >= 11 is 0. The summed E-state index contributed by atoms with van der Waals surface area (Å²) in [7, 11) is 0. The average molecular weight is 279 g/mol. The van der Waals surface area contributed by atoms with E-state index >= 15 is 0 Å². The van der Waals surface area contributed by atoms with Crippen LogP contribution in [0.25, 0.3) is 0 Å². The molecule has 1 aliphatic rings. The molecule has 2 amide bonds. The maximum atomic E-state index is 12.3. The largest absolute Gasteiger partial charge is 0.270 e. The minimum absolute atomic E-state index is 0.201. The summed E-state index contributed by atoms with van der Waals surface area (Å²) in [6.07, 6.45) is 2.16. The van der Waals surface area contributed by atoms with Crippen LogP contribution in [0.1, 0.15) is 45.2 Å². The van der Waals surface area contributed by atoms with Gasteiger partial charge in [0.15, 0.2) is 0 Å². The van der Waals surface area contributed by atoms with Crippen LogP contribution in [0.4, 0.5) is 0 Å². The number of amides is 2. The summed E-state index contributed by atoms with van der Waals surface area (Å²) in [5.41, 5.74) is 3.27. The molecular formula is C18H17NO2. The van der Waals surface area contributed by atoms with Gasteiger partial charge in [0.2, 0.25) is 0 Å². The molecule has 0 aromatic heterocycles. The highest BCUT2D eigenvalue weighted by atomic mass is 16.2. The summed E-state index contributed by atoms with van der Waals surface area (Å²) in [4.78, 5) is 25.9. The van der Waals surface area contributed by atoms with E-state index in [2.05, 4.69) is 19.1 Å². The molecular weight excluding hydrogens is 262 g/mol. The Labute approximate surface area is 124 Å². The minimum atomic E-state index is -0.201. The van der Waals surface area contributed by atoms with Crippen molar-refractivity contribution in [3.05, 3.63) is 70.8 Å². The average Bonchev–Trinajstić information content (AvgIpc) is 2.75. The van der Waals surface area contributed by atoms with Crippen LogP contribution in [-0.4, -0.2) is 16.7 Å². The van der Waals surface area contributed by atoms with Crippen LogP contribution in [0.5, 0.6) is 0 Å². The van der Waals surface area contributed by atoms with Gasteiger partial charge in [0.25, 0.3) is 11.8 Å². The van der Waals surface area contributed by atoms with Gasteiger partial charge in [-0.1, -0.05) is 49.7 Å². The molecule has 3 heteroatoms. The lowest BCUT2D eigenvalue weighted by Crippen LogP contribution is -2.29. The third-order valence-corrected chi connectivity index (χ3v) is 3.78. The lowest BCUT2D eigenvalue weighted by atomic mass is 10.1. The van der Waals surface area contributed by atoms with Crippen LogP contribution in [-0.2, 0) is 13.0 Å². The Bertz CT molecular complexity index is 654. The summed E-state index contributed by atoms with van der Waals surface area (Å²) in [6, 6.07) is 15.1. The van der Waals surface area contributed by atoms with E-state index in [0.29, 0.717) is 17.7 Å². The lowest BCUT2D eigenvalue weighted by molar-refractivity contribution is 0.0642. The topological polar surface area (TPSA) is 37.4 Å². The fourth-order valence-electron chi connectivity index (χ4n) is 2.67. The van der Waals surface area contributed by atoms with Gasteiger partial charge in [-0.05, 0) is 29.7 Å². The molecule has 0 saturated heterocycles. The fourth-order valence-corrected chi connectivity index (χ4v) is 2.67. The van der Waals surface area contributed by atoms with Crippen molar-refractivity contribution < 1.29 is 9.59 Å². The zero-order valence-electron chi connectivity index (χ0n) is 12.0. The number of carbonyl (C=O) groups is 2. The van der Waals surface area contributed by atoms with E-state index in [9.17, 15) is 9.59 Å². The number of rotatable bonds is 4. The van der Waals surface area contributed by atoms with Crippen molar-refractivity contribution in [1.29, 1.82) is 0 Å². The van der Waals surface area contributed by atoms with Crippen molar-refractivity contribution in [3.8, 4) is 0 Å². The summed E-state index contributed by atoms with van der Waals surface area (Å²) < 4.78 is 0. The van der Waals surface area contributed by atoms with Crippen LogP contribution < -0.4 is 0 Å². The van der Waals surface area contributed by atoms with E-state index < -0.39 is 0 Å². The molecule has 106 valence electrons. The van der Waals surface area contributed by atoms with Crippen LogP contribution in [0, 0.1) is 0 Å². The highest BCUT2D eigenvalue weighted by molar-refractivity contribution is 6.21. The van der Waals surface area contributed by atoms with Crippen LogP contribution in [0.15, 0.2) is 48.5 Å². The fraction of sp³-hybridized carbons (Fsp3) is 0.222. The Hall–Kier alpha value is -2.42.